The van der Waals surface area contributed by atoms with Gasteiger partial charge in [-0.05, 0) is 37.5 Å². The molecule has 0 spiro atoms. The molecule has 2 rings (SSSR count). The zero-order chi connectivity index (χ0) is 14.0. The molecule has 0 radical (unpaired) electrons. The van der Waals surface area contributed by atoms with Gasteiger partial charge in [0.25, 0.3) is 0 Å². The molecule has 0 aromatic carbocycles. The first-order valence-corrected chi connectivity index (χ1v) is 7.50. The molecule has 0 bridgehead atoms. The minimum absolute atomic E-state index is 0.115. The Balaban J connectivity index is 1.95. The Hall–Kier alpha value is -0.680. The van der Waals surface area contributed by atoms with Gasteiger partial charge in [-0.15, -0.1) is 0 Å². The average molecular weight is 284 g/mol. The summed E-state index contributed by atoms with van der Waals surface area (Å²) in [5, 5.41) is 0. The molecule has 108 valence electrons. The summed E-state index contributed by atoms with van der Waals surface area (Å²) >= 11 is 5.14. The van der Waals surface area contributed by atoms with Crippen LogP contribution in [-0.4, -0.2) is 42.6 Å². The summed E-state index contributed by atoms with van der Waals surface area (Å²) in [6.45, 7) is 4.55. The van der Waals surface area contributed by atoms with Crippen molar-refractivity contribution in [1.29, 1.82) is 0 Å². The van der Waals surface area contributed by atoms with Crippen molar-refractivity contribution in [2.75, 3.05) is 26.8 Å². The first-order chi connectivity index (χ1) is 8.95. The van der Waals surface area contributed by atoms with Gasteiger partial charge in [0.15, 0.2) is 0 Å². The van der Waals surface area contributed by atoms with Gasteiger partial charge in [-0.25, -0.2) is 0 Å². The maximum Gasteiger partial charge on any atom is 0.235 e. The number of ether oxygens (including phenoxy) is 1. The minimum Gasteiger partial charge on any atom is -0.392 e. The molecular formula is C14H24N2O2S. The van der Waals surface area contributed by atoms with Crippen LogP contribution in [0.2, 0.25) is 0 Å². The molecule has 0 aromatic heterocycles. The highest BCUT2D eigenvalue weighted by atomic mass is 32.1. The quantitative estimate of drug-likeness (QED) is 0.796. The standard InChI is InChI=1S/C14H24N2O2S/c1-10-7-14(8-10,12(15)19)13(17)16(2)9-11-3-5-18-6-4-11/h10-11H,3-9H2,1-2H3,(H2,15,19). The molecule has 4 nitrogen and oxygen atoms in total. The smallest absolute Gasteiger partial charge is 0.235 e. The van der Waals surface area contributed by atoms with Crippen molar-refractivity contribution in [3.63, 3.8) is 0 Å². The number of carbonyl (C=O) groups excluding carboxylic acids is 1. The summed E-state index contributed by atoms with van der Waals surface area (Å²) in [4.78, 5) is 14.8. The number of carbonyl (C=O) groups is 1. The molecule has 0 atom stereocenters. The lowest BCUT2D eigenvalue weighted by atomic mass is 9.61. The van der Waals surface area contributed by atoms with Crippen LogP contribution in [0.25, 0.3) is 0 Å². The number of hydrogen-bond acceptors (Lipinski definition) is 3. The van der Waals surface area contributed by atoms with Gasteiger partial charge in [-0.1, -0.05) is 19.1 Å². The van der Waals surface area contributed by atoms with E-state index in [0.717, 1.165) is 45.4 Å². The van der Waals surface area contributed by atoms with Crippen LogP contribution in [-0.2, 0) is 9.53 Å². The zero-order valence-corrected chi connectivity index (χ0v) is 12.7. The number of nitrogens with zero attached hydrogens (tertiary/aromatic N) is 1. The van der Waals surface area contributed by atoms with Crippen molar-refractivity contribution >= 4 is 23.1 Å². The molecule has 1 heterocycles. The van der Waals surface area contributed by atoms with Crippen LogP contribution >= 0.6 is 12.2 Å². The highest BCUT2D eigenvalue weighted by Gasteiger charge is 2.52. The molecule has 1 saturated heterocycles. The van der Waals surface area contributed by atoms with Gasteiger partial charge >= 0.3 is 0 Å². The van der Waals surface area contributed by atoms with Crippen molar-refractivity contribution < 1.29 is 9.53 Å². The summed E-state index contributed by atoms with van der Waals surface area (Å²) in [5.74, 6) is 1.20. The summed E-state index contributed by atoms with van der Waals surface area (Å²) in [7, 11) is 1.88. The van der Waals surface area contributed by atoms with E-state index in [1.54, 1.807) is 0 Å². The summed E-state index contributed by atoms with van der Waals surface area (Å²) in [6.07, 6.45) is 3.68. The highest BCUT2D eigenvalue weighted by Crippen LogP contribution is 2.47. The third-order valence-corrected chi connectivity index (χ3v) is 4.89. The van der Waals surface area contributed by atoms with Crippen molar-refractivity contribution in [2.45, 2.75) is 32.6 Å². The molecule has 1 aliphatic heterocycles. The summed E-state index contributed by atoms with van der Waals surface area (Å²) in [5.41, 5.74) is 5.27. The lowest BCUT2D eigenvalue weighted by Crippen LogP contribution is -2.56. The molecule has 2 aliphatic rings. The fourth-order valence-electron chi connectivity index (χ4n) is 3.38. The van der Waals surface area contributed by atoms with Gasteiger partial charge in [0.05, 0.1) is 10.4 Å². The lowest BCUT2D eigenvalue weighted by molar-refractivity contribution is -0.143. The molecule has 19 heavy (non-hydrogen) atoms. The van der Waals surface area contributed by atoms with E-state index in [4.69, 9.17) is 22.7 Å². The van der Waals surface area contributed by atoms with E-state index in [1.165, 1.54) is 0 Å². The summed E-state index contributed by atoms with van der Waals surface area (Å²) in [6, 6.07) is 0. The van der Waals surface area contributed by atoms with Crippen LogP contribution in [0.4, 0.5) is 0 Å². The first-order valence-electron chi connectivity index (χ1n) is 7.09. The topological polar surface area (TPSA) is 55.6 Å². The number of hydrogen-bond donors (Lipinski definition) is 1. The molecule has 5 heteroatoms. The van der Waals surface area contributed by atoms with E-state index in [9.17, 15) is 4.79 Å². The normalized spacial score (nSPS) is 31.6. The third kappa shape index (κ3) is 2.92. The second-order valence-corrected chi connectivity index (χ2v) is 6.64. The highest BCUT2D eigenvalue weighted by molar-refractivity contribution is 7.80. The molecule has 1 amide bonds. The predicted molar refractivity (Wildman–Crippen MR) is 78.8 cm³/mol. The van der Waals surface area contributed by atoms with Crippen molar-refractivity contribution in [2.24, 2.45) is 23.0 Å². The monoisotopic (exact) mass is 284 g/mol. The molecule has 1 aliphatic carbocycles. The van der Waals surface area contributed by atoms with E-state index in [0.29, 0.717) is 16.8 Å². The van der Waals surface area contributed by atoms with E-state index >= 15 is 0 Å². The minimum atomic E-state index is -0.561. The number of rotatable bonds is 4. The Labute approximate surface area is 120 Å². The Kier molecular flexibility index (Phi) is 4.46. The second kappa shape index (κ2) is 5.75. The lowest BCUT2D eigenvalue weighted by Gasteiger charge is -2.46. The predicted octanol–water partition coefficient (Wildman–Crippen LogP) is 1.57. The van der Waals surface area contributed by atoms with E-state index in [1.807, 2.05) is 11.9 Å². The molecular weight excluding hydrogens is 260 g/mol. The van der Waals surface area contributed by atoms with Crippen LogP contribution < -0.4 is 5.73 Å². The third-order valence-electron chi connectivity index (χ3n) is 4.49. The van der Waals surface area contributed by atoms with Gasteiger partial charge in [-0.2, -0.15) is 0 Å². The van der Waals surface area contributed by atoms with Gasteiger partial charge < -0.3 is 15.4 Å². The summed E-state index contributed by atoms with van der Waals surface area (Å²) < 4.78 is 5.35. The van der Waals surface area contributed by atoms with Crippen LogP contribution in [0.5, 0.6) is 0 Å². The fourth-order valence-corrected chi connectivity index (χ4v) is 3.63. The zero-order valence-electron chi connectivity index (χ0n) is 11.9. The largest absolute Gasteiger partial charge is 0.392 e. The van der Waals surface area contributed by atoms with Gasteiger partial charge in [0.2, 0.25) is 5.91 Å². The van der Waals surface area contributed by atoms with Gasteiger partial charge in [0.1, 0.15) is 0 Å². The maximum atomic E-state index is 12.6. The van der Waals surface area contributed by atoms with Crippen LogP contribution in [0.15, 0.2) is 0 Å². The van der Waals surface area contributed by atoms with Crippen LogP contribution in [0, 0.1) is 17.3 Å². The Morgan fingerprint density at radius 2 is 2.00 bits per heavy atom. The Morgan fingerprint density at radius 3 is 2.47 bits per heavy atom. The fraction of sp³-hybridized carbons (Fsp3) is 0.857. The molecule has 0 aromatic rings. The Bertz CT molecular complexity index is 360. The first kappa shape index (κ1) is 14.7. The number of amides is 1. The second-order valence-electron chi connectivity index (χ2n) is 6.20. The molecule has 0 unspecified atom stereocenters. The maximum absolute atomic E-state index is 12.6. The van der Waals surface area contributed by atoms with Gasteiger partial charge in [0, 0.05) is 26.8 Å². The SMILES string of the molecule is CC1CC(C(=O)N(C)CC2CCOCC2)(C(N)=S)C1. The van der Waals surface area contributed by atoms with Crippen molar-refractivity contribution in [1.82, 2.24) is 4.90 Å². The van der Waals surface area contributed by atoms with Gasteiger partial charge in [-0.3, -0.25) is 4.79 Å². The van der Waals surface area contributed by atoms with E-state index < -0.39 is 5.41 Å². The molecule has 2 fully saturated rings. The molecule has 2 N–H and O–H groups in total. The molecule has 1 saturated carbocycles. The van der Waals surface area contributed by atoms with Crippen molar-refractivity contribution in [3.05, 3.63) is 0 Å². The van der Waals surface area contributed by atoms with Crippen LogP contribution in [0.3, 0.4) is 0 Å². The van der Waals surface area contributed by atoms with E-state index in [-0.39, 0.29) is 5.91 Å². The number of thiocarbonyl (C=S) groups is 1. The number of nitrogens with two attached hydrogens (primary N) is 1. The van der Waals surface area contributed by atoms with Crippen molar-refractivity contribution in [3.8, 4) is 0 Å². The van der Waals surface area contributed by atoms with E-state index in [2.05, 4.69) is 6.92 Å². The Morgan fingerprint density at radius 1 is 1.42 bits per heavy atom. The average Bonchev–Trinajstić information content (AvgIpc) is 2.34. The van der Waals surface area contributed by atoms with Crippen LogP contribution in [0.1, 0.15) is 32.6 Å².